The highest BCUT2D eigenvalue weighted by molar-refractivity contribution is 7.09. The predicted molar refractivity (Wildman–Crippen MR) is 53.1 cm³/mol. The molecular formula is C7H12ClN3S. The van der Waals surface area contributed by atoms with Crippen LogP contribution in [-0.2, 0) is 6.42 Å². The lowest BCUT2D eigenvalue weighted by molar-refractivity contribution is 0.964. The largest absolute Gasteiger partial charge is 0.359 e. The zero-order valence-corrected chi connectivity index (χ0v) is 8.74. The summed E-state index contributed by atoms with van der Waals surface area (Å²) in [5.41, 5.74) is 0. The van der Waals surface area contributed by atoms with Crippen molar-refractivity contribution in [3.8, 4) is 0 Å². The van der Waals surface area contributed by atoms with Crippen molar-refractivity contribution in [1.29, 1.82) is 0 Å². The summed E-state index contributed by atoms with van der Waals surface area (Å²) in [6.07, 6.45) is 0.884. The summed E-state index contributed by atoms with van der Waals surface area (Å²) in [7, 11) is 0. The van der Waals surface area contributed by atoms with E-state index in [1.165, 1.54) is 11.5 Å². The lowest BCUT2D eigenvalue weighted by Gasteiger charge is -2.01. The van der Waals surface area contributed by atoms with Gasteiger partial charge in [0.1, 0.15) is 5.82 Å². The van der Waals surface area contributed by atoms with Crippen molar-refractivity contribution in [2.75, 3.05) is 11.9 Å². The molecule has 3 nitrogen and oxygen atoms in total. The van der Waals surface area contributed by atoms with Gasteiger partial charge in [0, 0.05) is 29.9 Å². The first-order chi connectivity index (χ1) is 5.72. The number of nitrogens with one attached hydrogen (secondary N) is 1. The zero-order chi connectivity index (χ0) is 8.97. The fraction of sp³-hybridized carbons (Fsp3) is 0.714. The summed E-state index contributed by atoms with van der Waals surface area (Å²) in [6.45, 7) is 4.71. The topological polar surface area (TPSA) is 37.8 Å². The number of anilines is 1. The molecule has 0 spiro atoms. The molecule has 0 saturated heterocycles. The van der Waals surface area contributed by atoms with E-state index >= 15 is 0 Å². The SMILES string of the molecule is CCc1nsc(NCC(C)Cl)n1. The van der Waals surface area contributed by atoms with Crippen molar-refractivity contribution < 1.29 is 0 Å². The lowest BCUT2D eigenvalue weighted by Crippen LogP contribution is -2.10. The zero-order valence-electron chi connectivity index (χ0n) is 7.17. The Hall–Kier alpha value is -0.350. The average Bonchev–Trinajstić information content (AvgIpc) is 2.48. The van der Waals surface area contributed by atoms with E-state index in [1.54, 1.807) is 0 Å². The van der Waals surface area contributed by atoms with Crippen LogP contribution in [0.2, 0.25) is 0 Å². The van der Waals surface area contributed by atoms with Gasteiger partial charge in [-0.3, -0.25) is 0 Å². The maximum atomic E-state index is 5.76. The third-order valence-corrected chi connectivity index (χ3v) is 2.18. The van der Waals surface area contributed by atoms with Crippen molar-refractivity contribution in [3.63, 3.8) is 0 Å². The normalized spacial score (nSPS) is 12.9. The average molecular weight is 206 g/mol. The van der Waals surface area contributed by atoms with Gasteiger partial charge in [0.2, 0.25) is 5.13 Å². The Morgan fingerprint density at radius 2 is 2.42 bits per heavy atom. The number of nitrogens with zero attached hydrogens (tertiary/aromatic N) is 2. The Morgan fingerprint density at radius 1 is 1.67 bits per heavy atom. The van der Waals surface area contributed by atoms with Crippen LogP contribution in [0.15, 0.2) is 0 Å². The lowest BCUT2D eigenvalue weighted by atomic mass is 10.5. The van der Waals surface area contributed by atoms with Gasteiger partial charge in [0.05, 0.1) is 0 Å². The van der Waals surface area contributed by atoms with E-state index in [9.17, 15) is 0 Å². The number of halogens is 1. The Morgan fingerprint density at radius 3 is 2.92 bits per heavy atom. The summed E-state index contributed by atoms with van der Waals surface area (Å²) in [5, 5.41) is 4.10. The molecule has 12 heavy (non-hydrogen) atoms. The minimum atomic E-state index is 0.124. The summed E-state index contributed by atoms with van der Waals surface area (Å²) in [4.78, 5) is 4.24. The number of aryl methyl sites for hydroxylation is 1. The molecule has 0 aliphatic carbocycles. The molecule has 0 amide bonds. The summed E-state index contributed by atoms with van der Waals surface area (Å²) in [5.74, 6) is 0.893. The van der Waals surface area contributed by atoms with E-state index in [4.69, 9.17) is 11.6 Å². The fourth-order valence-electron chi connectivity index (χ4n) is 0.697. The molecule has 1 rings (SSSR count). The second-order valence-electron chi connectivity index (χ2n) is 2.53. The van der Waals surface area contributed by atoms with Crippen molar-refractivity contribution >= 4 is 28.3 Å². The van der Waals surface area contributed by atoms with Gasteiger partial charge in [-0.1, -0.05) is 6.92 Å². The van der Waals surface area contributed by atoms with Crippen molar-refractivity contribution in [1.82, 2.24) is 9.36 Å². The van der Waals surface area contributed by atoms with Crippen LogP contribution in [0.1, 0.15) is 19.7 Å². The second kappa shape index (κ2) is 4.62. The maximum absolute atomic E-state index is 5.76. The standard InChI is InChI=1S/C7H12ClN3S/c1-3-6-10-7(12-11-6)9-4-5(2)8/h5H,3-4H2,1-2H3,(H,9,10,11). The quantitative estimate of drug-likeness (QED) is 0.766. The Labute approximate surface area is 81.3 Å². The molecule has 0 saturated carbocycles. The van der Waals surface area contributed by atoms with Crippen LogP contribution in [0.5, 0.6) is 0 Å². The molecule has 1 atom stereocenters. The smallest absolute Gasteiger partial charge is 0.202 e. The Bertz CT molecular complexity index is 236. The molecule has 0 radical (unpaired) electrons. The van der Waals surface area contributed by atoms with Gasteiger partial charge < -0.3 is 5.32 Å². The van der Waals surface area contributed by atoms with Crippen LogP contribution >= 0.6 is 23.1 Å². The van der Waals surface area contributed by atoms with E-state index in [2.05, 4.69) is 14.7 Å². The predicted octanol–water partition coefficient (Wildman–Crippen LogP) is 2.14. The highest BCUT2D eigenvalue weighted by Crippen LogP contribution is 2.11. The molecule has 1 aromatic heterocycles. The van der Waals surface area contributed by atoms with Gasteiger partial charge in [0.25, 0.3) is 0 Å². The monoisotopic (exact) mass is 205 g/mol. The molecule has 1 heterocycles. The van der Waals surface area contributed by atoms with Crippen LogP contribution in [0.4, 0.5) is 5.13 Å². The van der Waals surface area contributed by atoms with E-state index in [1.807, 2.05) is 13.8 Å². The Balaban J connectivity index is 2.41. The molecule has 1 unspecified atom stereocenters. The fourth-order valence-corrected chi connectivity index (χ4v) is 1.43. The van der Waals surface area contributed by atoms with Crippen LogP contribution in [-0.4, -0.2) is 21.3 Å². The van der Waals surface area contributed by atoms with Crippen molar-refractivity contribution in [2.24, 2.45) is 0 Å². The molecule has 0 aliphatic heterocycles. The Kier molecular flexibility index (Phi) is 3.75. The van der Waals surface area contributed by atoms with Crippen LogP contribution < -0.4 is 5.32 Å². The van der Waals surface area contributed by atoms with E-state index < -0.39 is 0 Å². The minimum Gasteiger partial charge on any atom is -0.359 e. The van der Waals surface area contributed by atoms with Crippen LogP contribution in [0, 0.1) is 0 Å². The first-order valence-electron chi connectivity index (χ1n) is 3.93. The molecule has 0 fully saturated rings. The molecule has 68 valence electrons. The first kappa shape index (κ1) is 9.74. The van der Waals surface area contributed by atoms with E-state index in [-0.39, 0.29) is 5.38 Å². The van der Waals surface area contributed by atoms with Crippen molar-refractivity contribution in [2.45, 2.75) is 25.6 Å². The van der Waals surface area contributed by atoms with Crippen LogP contribution in [0.3, 0.4) is 0 Å². The van der Waals surface area contributed by atoms with E-state index in [0.29, 0.717) is 0 Å². The van der Waals surface area contributed by atoms with Gasteiger partial charge in [0.15, 0.2) is 0 Å². The molecule has 0 aromatic carbocycles. The van der Waals surface area contributed by atoms with Gasteiger partial charge in [-0.2, -0.15) is 4.37 Å². The molecular weight excluding hydrogens is 194 g/mol. The molecule has 5 heteroatoms. The van der Waals surface area contributed by atoms with Gasteiger partial charge in [-0.25, -0.2) is 4.98 Å². The third kappa shape index (κ3) is 2.95. The molecule has 1 N–H and O–H groups in total. The van der Waals surface area contributed by atoms with E-state index in [0.717, 1.165) is 23.9 Å². The molecule has 1 aromatic rings. The molecule has 0 aliphatic rings. The summed E-state index contributed by atoms with van der Waals surface area (Å²) >= 11 is 7.15. The summed E-state index contributed by atoms with van der Waals surface area (Å²) in [6, 6.07) is 0. The van der Waals surface area contributed by atoms with Gasteiger partial charge in [-0.15, -0.1) is 11.6 Å². The highest BCUT2D eigenvalue weighted by Gasteiger charge is 2.02. The third-order valence-electron chi connectivity index (χ3n) is 1.32. The number of alkyl halides is 1. The second-order valence-corrected chi connectivity index (χ2v) is 4.03. The number of rotatable bonds is 4. The molecule has 0 bridgehead atoms. The maximum Gasteiger partial charge on any atom is 0.202 e. The van der Waals surface area contributed by atoms with Crippen LogP contribution in [0.25, 0.3) is 0 Å². The van der Waals surface area contributed by atoms with Gasteiger partial charge >= 0.3 is 0 Å². The first-order valence-corrected chi connectivity index (χ1v) is 5.14. The number of hydrogen-bond donors (Lipinski definition) is 1. The minimum absolute atomic E-state index is 0.124. The highest BCUT2D eigenvalue weighted by atomic mass is 35.5. The van der Waals surface area contributed by atoms with Gasteiger partial charge in [-0.05, 0) is 6.92 Å². The summed E-state index contributed by atoms with van der Waals surface area (Å²) < 4.78 is 4.14. The number of hydrogen-bond acceptors (Lipinski definition) is 4. The number of aromatic nitrogens is 2. The van der Waals surface area contributed by atoms with Crippen molar-refractivity contribution in [3.05, 3.63) is 5.82 Å².